The van der Waals surface area contributed by atoms with Gasteiger partial charge in [-0.2, -0.15) is 0 Å². The molecule has 0 saturated carbocycles. The number of pyridine rings is 2. The van der Waals surface area contributed by atoms with E-state index >= 15 is 0 Å². The maximum absolute atomic E-state index is 11.0. The Bertz CT molecular complexity index is 1170. The predicted octanol–water partition coefficient (Wildman–Crippen LogP) is 4.09. The Morgan fingerprint density at radius 1 is 0.871 bits per heavy atom. The van der Waals surface area contributed by atoms with Crippen molar-refractivity contribution in [1.29, 1.82) is 0 Å². The van der Waals surface area contributed by atoms with Crippen LogP contribution in [0.2, 0.25) is 0 Å². The summed E-state index contributed by atoms with van der Waals surface area (Å²) < 4.78 is 4.36. The lowest BCUT2D eigenvalue weighted by Crippen LogP contribution is -2.14. The van der Waals surface area contributed by atoms with Gasteiger partial charge in [-0.3, -0.25) is 4.79 Å². The number of nitrogens with zero attached hydrogens (tertiary/aromatic N) is 2. The molecule has 5 heteroatoms. The molecule has 31 heavy (non-hydrogen) atoms. The van der Waals surface area contributed by atoms with Gasteiger partial charge in [0, 0.05) is 35.3 Å². The van der Waals surface area contributed by atoms with Crippen molar-refractivity contribution in [3.05, 3.63) is 82.9 Å². The minimum Gasteiger partial charge on any atom is -0.369 e. The normalized spacial score (nSPS) is 11.0. The number of rotatable bonds is 7. The van der Waals surface area contributed by atoms with Crippen molar-refractivity contribution in [2.75, 3.05) is 6.54 Å². The minimum absolute atomic E-state index is 0.276. The number of hydrogen-bond donors (Lipinski definition) is 2. The molecule has 164 valence electrons. The van der Waals surface area contributed by atoms with E-state index < -0.39 is 0 Å². The van der Waals surface area contributed by atoms with Gasteiger partial charge >= 0.3 is 0 Å². The molecule has 0 aliphatic carbocycles. The van der Waals surface area contributed by atoms with E-state index in [9.17, 15) is 4.79 Å². The van der Waals surface area contributed by atoms with Crippen LogP contribution in [-0.2, 0) is 36.9 Å². The Morgan fingerprint density at radius 2 is 1.58 bits per heavy atom. The summed E-state index contributed by atoms with van der Waals surface area (Å²) in [5.41, 5.74) is 20.0. The fourth-order valence-corrected chi connectivity index (χ4v) is 4.54. The minimum atomic E-state index is -0.276. The van der Waals surface area contributed by atoms with E-state index in [2.05, 4.69) is 55.8 Å². The lowest BCUT2D eigenvalue weighted by molar-refractivity contribution is -0.117. The zero-order chi connectivity index (χ0) is 22.4. The van der Waals surface area contributed by atoms with Crippen LogP contribution in [0.1, 0.15) is 48.7 Å². The van der Waals surface area contributed by atoms with Crippen LogP contribution in [-0.4, -0.2) is 21.3 Å². The van der Waals surface area contributed by atoms with Crippen molar-refractivity contribution in [3.63, 3.8) is 0 Å². The number of carbonyl (C=O) groups is 1. The molecule has 4 heterocycles. The highest BCUT2D eigenvalue weighted by atomic mass is 16.1. The maximum Gasteiger partial charge on any atom is 0.221 e. The smallest absolute Gasteiger partial charge is 0.221 e. The Hall–Kier alpha value is -3.05. The molecule has 0 aromatic carbocycles. The van der Waals surface area contributed by atoms with Gasteiger partial charge in [-0.15, -0.1) is 0 Å². The van der Waals surface area contributed by atoms with E-state index in [1.54, 1.807) is 0 Å². The summed E-state index contributed by atoms with van der Waals surface area (Å²) in [6.07, 6.45) is 10.6. The lowest BCUT2D eigenvalue weighted by atomic mass is 10.0. The lowest BCUT2D eigenvalue weighted by Gasteiger charge is -2.02. The van der Waals surface area contributed by atoms with E-state index in [0.717, 1.165) is 43.3 Å². The predicted molar refractivity (Wildman–Crippen MR) is 129 cm³/mol. The topological polar surface area (TPSA) is 77.9 Å². The number of primary amides is 1. The molecule has 5 nitrogen and oxygen atoms in total. The van der Waals surface area contributed by atoms with E-state index in [1.165, 1.54) is 27.9 Å². The monoisotopic (exact) mass is 418 g/mol. The van der Waals surface area contributed by atoms with Crippen LogP contribution in [0.5, 0.6) is 0 Å². The second-order valence-electron chi connectivity index (χ2n) is 7.73. The first-order chi connectivity index (χ1) is 15.0. The van der Waals surface area contributed by atoms with E-state index in [-0.39, 0.29) is 5.91 Å². The molecule has 4 N–H and O–H groups in total. The Balaban J connectivity index is 0.000000176. The third-order valence-corrected chi connectivity index (χ3v) is 5.87. The molecule has 0 fully saturated rings. The van der Waals surface area contributed by atoms with Gasteiger partial charge in [-0.25, -0.2) is 0 Å². The van der Waals surface area contributed by atoms with Crippen LogP contribution in [0.4, 0.5) is 0 Å². The molecule has 0 aliphatic rings. The van der Waals surface area contributed by atoms with Crippen LogP contribution in [0.3, 0.4) is 0 Å². The number of aromatic nitrogens is 2. The summed E-state index contributed by atoms with van der Waals surface area (Å²) in [6, 6.07) is 12.4. The Labute approximate surface area is 184 Å². The third-order valence-electron chi connectivity index (χ3n) is 5.87. The third kappa shape index (κ3) is 4.67. The molecule has 4 aromatic rings. The van der Waals surface area contributed by atoms with Crippen LogP contribution in [0.15, 0.2) is 55.0 Å². The number of aryl methyl sites for hydroxylation is 2. The van der Waals surface area contributed by atoms with Gasteiger partial charge in [-0.05, 0) is 78.7 Å². The van der Waals surface area contributed by atoms with Gasteiger partial charge in [0.05, 0.1) is 6.42 Å². The average molecular weight is 419 g/mol. The zero-order valence-electron chi connectivity index (χ0n) is 18.9. The molecule has 0 saturated heterocycles. The molecular formula is C26H34N4O. The summed E-state index contributed by atoms with van der Waals surface area (Å²) in [6.45, 7) is 7.26. The van der Waals surface area contributed by atoms with Crippen LogP contribution in [0, 0.1) is 0 Å². The first kappa shape index (κ1) is 22.6. The molecule has 1 amide bonds. The first-order valence-electron chi connectivity index (χ1n) is 11.2. The van der Waals surface area contributed by atoms with Gasteiger partial charge in [0.1, 0.15) is 0 Å². The van der Waals surface area contributed by atoms with E-state index in [1.807, 2.05) is 28.8 Å². The summed E-state index contributed by atoms with van der Waals surface area (Å²) >= 11 is 0. The molecule has 0 unspecified atom stereocenters. The SMILES string of the molecule is CCc1c(CCN)c2ccccn2c1CC.CCc1cn2ccccc2c1CC(N)=O. The quantitative estimate of drug-likeness (QED) is 0.474. The largest absolute Gasteiger partial charge is 0.369 e. The molecule has 0 aliphatic heterocycles. The van der Waals surface area contributed by atoms with Crippen LogP contribution >= 0.6 is 0 Å². The summed E-state index contributed by atoms with van der Waals surface area (Å²) in [7, 11) is 0. The number of carbonyl (C=O) groups excluding carboxylic acids is 1. The highest BCUT2D eigenvalue weighted by molar-refractivity contribution is 5.80. The zero-order valence-corrected chi connectivity index (χ0v) is 18.9. The fraction of sp³-hybridized carbons (Fsp3) is 0.346. The van der Waals surface area contributed by atoms with E-state index in [0.29, 0.717) is 6.42 Å². The molecule has 0 spiro atoms. The number of fused-ring (bicyclic) bond motifs is 2. The first-order valence-corrected chi connectivity index (χ1v) is 11.2. The van der Waals surface area contributed by atoms with Gasteiger partial charge in [-0.1, -0.05) is 32.9 Å². The molecular weight excluding hydrogens is 384 g/mol. The highest BCUT2D eigenvalue weighted by Gasteiger charge is 2.14. The number of amides is 1. The fourth-order valence-electron chi connectivity index (χ4n) is 4.54. The highest BCUT2D eigenvalue weighted by Crippen LogP contribution is 2.25. The van der Waals surface area contributed by atoms with Gasteiger partial charge < -0.3 is 20.3 Å². The van der Waals surface area contributed by atoms with Crippen molar-refractivity contribution in [2.24, 2.45) is 11.5 Å². The standard InChI is InChI=1S/C14H20N2.C12H14N2O/c1-3-11-12(8-9-15)14-7-5-6-10-16(14)13(11)4-2;1-2-9-8-14-6-4-3-5-11(14)10(9)7-12(13)15/h5-7,10H,3-4,8-9,15H2,1-2H3;3-6,8H,2,7H2,1H3,(H2,13,15). The van der Waals surface area contributed by atoms with Crippen molar-refractivity contribution in [3.8, 4) is 0 Å². The van der Waals surface area contributed by atoms with Crippen molar-refractivity contribution < 1.29 is 4.79 Å². The van der Waals surface area contributed by atoms with Crippen molar-refractivity contribution in [1.82, 2.24) is 8.80 Å². The van der Waals surface area contributed by atoms with E-state index in [4.69, 9.17) is 11.5 Å². The number of nitrogens with two attached hydrogens (primary N) is 2. The second kappa shape index (κ2) is 10.3. The molecule has 4 aromatic heterocycles. The summed E-state index contributed by atoms with van der Waals surface area (Å²) in [5.74, 6) is -0.276. The molecule has 0 radical (unpaired) electrons. The number of hydrogen-bond acceptors (Lipinski definition) is 2. The van der Waals surface area contributed by atoms with Crippen molar-refractivity contribution >= 4 is 16.9 Å². The second-order valence-corrected chi connectivity index (χ2v) is 7.73. The van der Waals surface area contributed by atoms with Gasteiger partial charge in [0.25, 0.3) is 0 Å². The summed E-state index contributed by atoms with van der Waals surface area (Å²) in [5, 5.41) is 0. The molecule has 4 rings (SSSR count). The Kier molecular flexibility index (Phi) is 7.53. The average Bonchev–Trinajstić information content (AvgIpc) is 3.29. The van der Waals surface area contributed by atoms with Crippen LogP contribution < -0.4 is 11.5 Å². The Morgan fingerprint density at radius 3 is 2.19 bits per heavy atom. The van der Waals surface area contributed by atoms with Crippen LogP contribution in [0.25, 0.3) is 11.0 Å². The summed E-state index contributed by atoms with van der Waals surface area (Å²) in [4.78, 5) is 11.0. The molecule has 0 atom stereocenters. The maximum atomic E-state index is 11.0. The van der Waals surface area contributed by atoms with Gasteiger partial charge in [0.2, 0.25) is 5.91 Å². The van der Waals surface area contributed by atoms with Crippen molar-refractivity contribution in [2.45, 2.75) is 52.9 Å². The van der Waals surface area contributed by atoms with Gasteiger partial charge in [0.15, 0.2) is 0 Å². The molecule has 0 bridgehead atoms.